The largest absolute Gasteiger partial charge is 0.384 e. The molecule has 0 aromatic heterocycles. The van der Waals surface area contributed by atoms with Crippen LogP contribution in [0.2, 0.25) is 0 Å². The van der Waals surface area contributed by atoms with Gasteiger partial charge >= 0.3 is 0 Å². The molecule has 16 heavy (non-hydrogen) atoms. The Morgan fingerprint density at radius 1 is 1.50 bits per heavy atom. The fraction of sp³-hybridized carbons (Fsp3) is 0.571. The molecule has 0 saturated carbocycles. The standard InChI is InChI=1S/C14H20OS/c1-3-5-12-6-4-7-13(8-12)14(15)9-11(2)16-10-14/h4,6-8,11,15H,3,5,9-10H2,1-2H3. The van der Waals surface area contributed by atoms with E-state index in [9.17, 15) is 5.11 Å². The summed E-state index contributed by atoms with van der Waals surface area (Å²) in [6.07, 6.45) is 3.15. The molecule has 88 valence electrons. The van der Waals surface area contributed by atoms with Gasteiger partial charge in [-0.3, -0.25) is 0 Å². The zero-order valence-corrected chi connectivity index (χ0v) is 10.9. The Morgan fingerprint density at radius 3 is 2.94 bits per heavy atom. The molecule has 1 nitrogen and oxygen atoms in total. The third kappa shape index (κ3) is 2.44. The lowest BCUT2D eigenvalue weighted by molar-refractivity contribution is 0.0611. The molecule has 0 radical (unpaired) electrons. The molecular formula is C14H20OS. The van der Waals surface area contributed by atoms with Gasteiger partial charge < -0.3 is 5.11 Å². The first-order valence-corrected chi connectivity index (χ1v) is 7.12. The van der Waals surface area contributed by atoms with Crippen LogP contribution >= 0.6 is 11.8 Å². The highest BCUT2D eigenvalue weighted by molar-refractivity contribution is 8.00. The van der Waals surface area contributed by atoms with E-state index in [1.165, 1.54) is 5.56 Å². The van der Waals surface area contributed by atoms with Gasteiger partial charge in [0, 0.05) is 11.0 Å². The fourth-order valence-corrected chi connectivity index (χ4v) is 3.62. The zero-order valence-electron chi connectivity index (χ0n) is 10.1. The highest BCUT2D eigenvalue weighted by Crippen LogP contribution is 2.41. The van der Waals surface area contributed by atoms with E-state index in [1.54, 1.807) is 0 Å². The number of thioether (sulfide) groups is 1. The van der Waals surface area contributed by atoms with Gasteiger partial charge in [0.15, 0.2) is 0 Å². The lowest BCUT2D eigenvalue weighted by atomic mass is 9.90. The Balaban J connectivity index is 2.22. The number of aliphatic hydroxyl groups is 1. The molecule has 2 atom stereocenters. The summed E-state index contributed by atoms with van der Waals surface area (Å²) in [6.45, 7) is 4.38. The highest BCUT2D eigenvalue weighted by Gasteiger charge is 2.37. The number of hydrogen-bond acceptors (Lipinski definition) is 2. The Morgan fingerprint density at radius 2 is 2.31 bits per heavy atom. The van der Waals surface area contributed by atoms with Crippen LogP contribution < -0.4 is 0 Å². The normalized spacial score (nSPS) is 29.6. The van der Waals surface area contributed by atoms with Crippen molar-refractivity contribution in [1.82, 2.24) is 0 Å². The first kappa shape index (κ1) is 12.0. The van der Waals surface area contributed by atoms with Gasteiger partial charge in [0.25, 0.3) is 0 Å². The van der Waals surface area contributed by atoms with Crippen molar-refractivity contribution < 1.29 is 5.11 Å². The highest BCUT2D eigenvalue weighted by atomic mass is 32.2. The molecule has 0 spiro atoms. The van der Waals surface area contributed by atoms with Gasteiger partial charge in [0.1, 0.15) is 0 Å². The van der Waals surface area contributed by atoms with Gasteiger partial charge in [-0.1, -0.05) is 44.5 Å². The Labute approximate surface area is 102 Å². The van der Waals surface area contributed by atoms with Crippen molar-refractivity contribution in [2.75, 3.05) is 5.75 Å². The van der Waals surface area contributed by atoms with Crippen molar-refractivity contribution in [3.05, 3.63) is 35.4 Å². The molecule has 1 saturated heterocycles. The second-order valence-corrected chi connectivity index (χ2v) is 6.23. The van der Waals surface area contributed by atoms with Crippen molar-refractivity contribution in [3.63, 3.8) is 0 Å². The summed E-state index contributed by atoms with van der Waals surface area (Å²) in [5, 5.41) is 11.2. The smallest absolute Gasteiger partial charge is 0.0997 e. The van der Waals surface area contributed by atoms with Crippen LogP contribution in [0, 0.1) is 0 Å². The second kappa shape index (κ2) is 4.80. The van der Waals surface area contributed by atoms with E-state index in [4.69, 9.17) is 0 Å². The Hall–Kier alpha value is -0.470. The van der Waals surface area contributed by atoms with E-state index in [1.807, 2.05) is 11.8 Å². The first-order chi connectivity index (χ1) is 7.64. The predicted octanol–water partition coefficient (Wildman–Crippen LogP) is 3.35. The SMILES string of the molecule is CCCc1cccc(C2(O)CSC(C)C2)c1. The maximum atomic E-state index is 10.6. The van der Waals surface area contributed by atoms with Crippen LogP contribution in [-0.4, -0.2) is 16.1 Å². The minimum atomic E-state index is -0.589. The van der Waals surface area contributed by atoms with Gasteiger partial charge in [-0.25, -0.2) is 0 Å². The summed E-state index contributed by atoms with van der Waals surface area (Å²) in [5.74, 6) is 0.837. The van der Waals surface area contributed by atoms with Gasteiger partial charge in [0.05, 0.1) is 5.60 Å². The lowest BCUT2D eigenvalue weighted by Gasteiger charge is -2.23. The number of rotatable bonds is 3. The number of benzene rings is 1. The molecule has 1 aliphatic heterocycles. The van der Waals surface area contributed by atoms with E-state index in [-0.39, 0.29) is 0 Å². The quantitative estimate of drug-likeness (QED) is 0.868. The molecule has 1 fully saturated rings. The summed E-state index contributed by atoms with van der Waals surface area (Å²) in [7, 11) is 0. The summed E-state index contributed by atoms with van der Waals surface area (Å²) in [6, 6.07) is 8.48. The van der Waals surface area contributed by atoms with Crippen LogP contribution in [0.3, 0.4) is 0 Å². The molecule has 2 rings (SSSR count). The maximum absolute atomic E-state index is 10.6. The van der Waals surface area contributed by atoms with E-state index in [0.717, 1.165) is 30.6 Å². The molecule has 1 aromatic carbocycles. The van der Waals surface area contributed by atoms with Crippen LogP contribution in [-0.2, 0) is 12.0 Å². The van der Waals surface area contributed by atoms with E-state index in [0.29, 0.717) is 5.25 Å². The van der Waals surface area contributed by atoms with Crippen LogP contribution in [0.25, 0.3) is 0 Å². The minimum absolute atomic E-state index is 0.569. The number of hydrogen-bond donors (Lipinski definition) is 1. The van der Waals surface area contributed by atoms with Crippen LogP contribution in [0.1, 0.15) is 37.8 Å². The maximum Gasteiger partial charge on any atom is 0.0997 e. The molecule has 1 aliphatic rings. The number of aryl methyl sites for hydroxylation is 1. The average Bonchev–Trinajstić information content (AvgIpc) is 2.61. The molecule has 0 bridgehead atoms. The molecule has 1 aromatic rings. The third-order valence-electron chi connectivity index (χ3n) is 3.23. The van der Waals surface area contributed by atoms with Crippen molar-refractivity contribution in [1.29, 1.82) is 0 Å². The minimum Gasteiger partial charge on any atom is -0.384 e. The summed E-state index contributed by atoms with van der Waals surface area (Å²) in [5.41, 5.74) is 1.86. The fourth-order valence-electron chi connectivity index (χ4n) is 2.38. The Bertz CT molecular complexity index is 364. The van der Waals surface area contributed by atoms with Crippen molar-refractivity contribution in [3.8, 4) is 0 Å². The van der Waals surface area contributed by atoms with E-state index >= 15 is 0 Å². The summed E-state index contributed by atoms with van der Waals surface area (Å²) in [4.78, 5) is 0. The molecular weight excluding hydrogens is 216 g/mol. The van der Waals surface area contributed by atoms with Crippen LogP contribution in [0.15, 0.2) is 24.3 Å². The van der Waals surface area contributed by atoms with Gasteiger partial charge in [-0.05, 0) is 24.0 Å². The van der Waals surface area contributed by atoms with Gasteiger partial charge in [-0.15, -0.1) is 0 Å². The second-order valence-electron chi connectivity index (χ2n) is 4.81. The summed E-state index contributed by atoms with van der Waals surface area (Å²) >= 11 is 1.87. The van der Waals surface area contributed by atoms with Crippen molar-refractivity contribution in [2.24, 2.45) is 0 Å². The predicted molar refractivity (Wildman–Crippen MR) is 70.9 cm³/mol. The van der Waals surface area contributed by atoms with Gasteiger partial charge in [-0.2, -0.15) is 11.8 Å². The zero-order chi connectivity index (χ0) is 11.6. The van der Waals surface area contributed by atoms with E-state index in [2.05, 4.69) is 38.1 Å². The summed E-state index contributed by atoms with van der Waals surface area (Å²) < 4.78 is 0. The molecule has 2 unspecified atom stereocenters. The van der Waals surface area contributed by atoms with E-state index < -0.39 is 5.60 Å². The first-order valence-electron chi connectivity index (χ1n) is 6.07. The third-order valence-corrected chi connectivity index (χ3v) is 4.61. The molecule has 1 heterocycles. The lowest BCUT2D eigenvalue weighted by Crippen LogP contribution is -2.25. The molecule has 2 heteroatoms. The molecule has 1 N–H and O–H groups in total. The van der Waals surface area contributed by atoms with Gasteiger partial charge in [0.2, 0.25) is 0 Å². The molecule has 0 aliphatic carbocycles. The topological polar surface area (TPSA) is 20.2 Å². The van der Waals surface area contributed by atoms with Crippen molar-refractivity contribution >= 4 is 11.8 Å². The Kier molecular flexibility index (Phi) is 3.60. The monoisotopic (exact) mass is 236 g/mol. The van der Waals surface area contributed by atoms with Crippen LogP contribution in [0.5, 0.6) is 0 Å². The molecule has 0 amide bonds. The average molecular weight is 236 g/mol. The van der Waals surface area contributed by atoms with Crippen LogP contribution in [0.4, 0.5) is 0 Å². The van der Waals surface area contributed by atoms with Crippen molar-refractivity contribution in [2.45, 2.75) is 44.0 Å².